The van der Waals surface area contributed by atoms with Crippen LogP contribution in [0.2, 0.25) is 0 Å². The predicted molar refractivity (Wildman–Crippen MR) is 48.0 cm³/mol. The topological polar surface area (TPSA) is 50.8 Å². The first-order valence-corrected chi connectivity index (χ1v) is 4.14. The highest BCUT2D eigenvalue weighted by molar-refractivity contribution is 5.11. The fraction of sp³-hybridized carbons (Fsp3) is 0.556. The van der Waals surface area contributed by atoms with Crippen molar-refractivity contribution in [2.45, 2.75) is 26.0 Å². The minimum atomic E-state index is -0.523. The quantitative estimate of drug-likeness (QED) is 0.709. The number of nitriles is 1. The summed E-state index contributed by atoms with van der Waals surface area (Å²) in [6.07, 6.45) is 2.85. The highest BCUT2D eigenvalue weighted by Gasteiger charge is 2.15. The Balaban J connectivity index is 3.00. The molecule has 0 amide bonds. The molecule has 13 heavy (non-hydrogen) atoms. The molecule has 0 aliphatic carbocycles. The summed E-state index contributed by atoms with van der Waals surface area (Å²) in [4.78, 5) is 3.99. The van der Waals surface area contributed by atoms with Gasteiger partial charge in [0, 0.05) is 13.2 Å². The molecule has 0 radical (unpaired) electrons. The molecule has 1 aromatic rings. The Morgan fingerprint density at radius 2 is 2.31 bits per heavy atom. The first-order valence-electron chi connectivity index (χ1n) is 4.14. The van der Waals surface area contributed by atoms with E-state index >= 15 is 0 Å². The zero-order valence-electron chi connectivity index (χ0n) is 8.06. The Morgan fingerprint density at radius 3 is 2.77 bits per heavy atom. The van der Waals surface area contributed by atoms with E-state index in [0.29, 0.717) is 6.04 Å². The average molecular weight is 179 g/mol. The maximum absolute atomic E-state index is 8.79. The number of nitrogens with zero attached hydrogens (tertiary/aromatic N) is 3. The first-order chi connectivity index (χ1) is 6.20. The fourth-order valence-corrected chi connectivity index (χ4v) is 1.19. The molecular formula is C9H13N3O. The van der Waals surface area contributed by atoms with E-state index in [4.69, 9.17) is 10.00 Å². The summed E-state index contributed by atoms with van der Waals surface area (Å²) in [5, 5.41) is 8.79. The maximum Gasteiger partial charge on any atom is 0.184 e. The largest absolute Gasteiger partial charge is 0.360 e. The number of rotatable bonds is 3. The number of hydrogen-bond acceptors (Lipinski definition) is 3. The second-order valence-corrected chi connectivity index (χ2v) is 3.06. The molecule has 4 nitrogen and oxygen atoms in total. The predicted octanol–water partition coefficient (Wildman–Crippen LogP) is 1.68. The standard InChI is InChI=1S/C9H13N3O/c1-7(2)12-6-11-5-8(12)9(4-10)13-3/h5-7,9H,1-3H3. The van der Waals surface area contributed by atoms with Crippen molar-refractivity contribution in [3.05, 3.63) is 18.2 Å². The molecule has 70 valence electrons. The highest BCUT2D eigenvalue weighted by atomic mass is 16.5. The van der Waals surface area contributed by atoms with Crippen LogP contribution in [0.1, 0.15) is 31.7 Å². The third-order valence-corrected chi connectivity index (χ3v) is 1.87. The number of methoxy groups -OCH3 is 1. The van der Waals surface area contributed by atoms with Gasteiger partial charge in [-0.25, -0.2) is 4.98 Å². The maximum atomic E-state index is 8.79. The summed E-state index contributed by atoms with van der Waals surface area (Å²) >= 11 is 0. The van der Waals surface area contributed by atoms with Gasteiger partial charge in [0.25, 0.3) is 0 Å². The summed E-state index contributed by atoms with van der Waals surface area (Å²) in [7, 11) is 1.52. The molecule has 0 N–H and O–H groups in total. The van der Waals surface area contributed by atoms with Gasteiger partial charge in [-0.1, -0.05) is 0 Å². The summed E-state index contributed by atoms with van der Waals surface area (Å²) in [6, 6.07) is 2.36. The Kier molecular flexibility index (Phi) is 3.04. The van der Waals surface area contributed by atoms with Crippen LogP contribution in [0, 0.1) is 11.3 Å². The van der Waals surface area contributed by atoms with Crippen LogP contribution < -0.4 is 0 Å². The van der Waals surface area contributed by atoms with Crippen LogP contribution in [-0.2, 0) is 4.74 Å². The lowest BCUT2D eigenvalue weighted by atomic mass is 10.2. The summed E-state index contributed by atoms with van der Waals surface area (Å²) < 4.78 is 6.94. The van der Waals surface area contributed by atoms with E-state index in [-0.39, 0.29) is 0 Å². The third kappa shape index (κ3) is 1.87. The first kappa shape index (κ1) is 9.75. The van der Waals surface area contributed by atoms with Gasteiger partial charge in [0.1, 0.15) is 6.07 Å². The van der Waals surface area contributed by atoms with Gasteiger partial charge in [0.2, 0.25) is 0 Å². The van der Waals surface area contributed by atoms with E-state index in [0.717, 1.165) is 5.69 Å². The van der Waals surface area contributed by atoms with Crippen LogP contribution in [-0.4, -0.2) is 16.7 Å². The smallest absolute Gasteiger partial charge is 0.184 e. The molecule has 1 rings (SSSR count). The normalized spacial score (nSPS) is 12.8. The molecule has 1 atom stereocenters. The van der Waals surface area contributed by atoms with Crippen molar-refractivity contribution in [2.24, 2.45) is 0 Å². The third-order valence-electron chi connectivity index (χ3n) is 1.87. The molecule has 0 saturated heterocycles. The van der Waals surface area contributed by atoms with Gasteiger partial charge in [-0.2, -0.15) is 5.26 Å². The van der Waals surface area contributed by atoms with Gasteiger partial charge in [0.15, 0.2) is 6.10 Å². The van der Waals surface area contributed by atoms with Gasteiger partial charge in [-0.15, -0.1) is 0 Å². The molecule has 1 aromatic heterocycles. The summed E-state index contributed by atoms with van der Waals surface area (Å²) in [5.74, 6) is 0. The number of ether oxygens (including phenoxy) is 1. The lowest BCUT2D eigenvalue weighted by Gasteiger charge is -2.13. The minimum Gasteiger partial charge on any atom is -0.360 e. The van der Waals surface area contributed by atoms with Crippen molar-refractivity contribution in [2.75, 3.05) is 7.11 Å². The van der Waals surface area contributed by atoms with E-state index in [1.165, 1.54) is 7.11 Å². The van der Waals surface area contributed by atoms with E-state index < -0.39 is 6.10 Å². The van der Waals surface area contributed by atoms with Gasteiger partial charge < -0.3 is 9.30 Å². The van der Waals surface area contributed by atoms with Crippen molar-refractivity contribution in [3.8, 4) is 6.07 Å². The highest BCUT2D eigenvalue weighted by Crippen LogP contribution is 2.18. The Labute approximate surface area is 77.8 Å². The van der Waals surface area contributed by atoms with Gasteiger partial charge >= 0.3 is 0 Å². The monoisotopic (exact) mass is 179 g/mol. The van der Waals surface area contributed by atoms with Crippen molar-refractivity contribution in [3.63, 3.8) is 0 Å². The summed E-state index contributed by atoms with van der Waals surface area (Å²) in [5.41, 5.74) is 0.806. The van der Waals surface area contributed by atoms with Crippen LogP contribution in [0.25, 0.3) is 0 Å². The van der Waals surface area contributed by atoms with E-state index in [1.54, 1.807) is 12.5 Å². The van der Waals surface area contributed by atoms with Crippen LogP contribution in [0.5, 0.6) is 0 Å². The number of imidazole rings is 1. The lowest BCUT2D eigenvalue weighted by Crippen LogP contribution is -2.09. The molecule has 1 heterocycles. The number of hydrogen-bond donors (Lipinski definition) is 0. The minimum absolute atomic E-state index is 0.295. The van der Waals surface area contributed by atoms with E-state index in [9.17, 15) is 0 Å². The van der Waals surface area contributed by atoms with Gasteiger partial charge in [-0.3, -0.25) is 0 Å². The SMILES string of the molecule is COC(C#N)c1cncn1C(C)C. The van der Waals surface area contributed by atoms with Crippen molar-refractivity contribution in [1.82, 2.24) is 9.55 Å². The zero-order chi connectivity index (χ0) is 9.84. The Morgan fingerprint density at radius 1 is 1.62 bits per heavy atom. The second kappa shape index (κ2) is 4.06. The molecular weight excluding hydrogens is 166 g/mol. The molecule has 0 spiro atoms. The molecule has 0 aliphatic heterocycles. The molecule has 0 aliphatic rings. The number of aromatic nitrogens is 2. The van der Waals surface area contributed by atoms with E-state index in [1.807, 2.05) is 18.4 Å². The lowest BCUT2D eigenvalue weighted by molar-refractivity contribution is 0.140. The molecule has 4 heteroatoms. The molecule has 0 aromatic carbocycles. The molecule has 0 bridgehead atoms. The van der Waals surface area contributed by atoms with Crippen molar-refractivity contribution < 1.29 is 4.74 Å². The average Bonchev–Trinajstić information content (AvgIpc) is 2.55. The Hall–Kier alpha value is -1.34. The van der Waals surface area contributed by atoms with Crippen LogP contribution in [0.4, 0.5) is 0 Å². The van der Waals surface area contributed by atoms with Crippen molar-refractivity contribution in [1.29, 1.82) is 5.26 Å². The van der Waals surface area contributed by atoms with Gasteiger partial charge in [-0.05, 0) is 13.8 Å². The van der Waals surface area contributed by atoms with Crippen LogP contribution in [0.15, 0.2) is 12.5 Å². The van der Waals surface area contributed by atoms with Crippen LogP contribution in [0.3, 0.4) is 0 Å². The fourth-order valence-electron chi connectivity index (χ4n) is 1.19. The van der Waals surface area contributed by atoms with Crippen molar-refractivity contribution >= 4 is 0 Å². The second-order valence-electron chi connectivity index (χ2n) is 3.06. The molecule has 0 fully saturated rings. The molecule has 1 unspecified atom stereocenters. The summed E-state index contributed by atoms with van der Waals surface area (Å²) in [6.45, 7) is 4.07. The molecule has 0 saturated carbocycles. The zero-order valence-corrected chi connectivity index (χ0v) is 8.06. The van der Waals surface area contributed by atoms with Crippen LogP contribution >= 0.6 is 0 Å². The Bertz CT molecular complexity index is 311. The van der Waals surface area contributed by atoms with Gasteiger partial charge in [0.05, 0.1) is 18.2 Å². The van der Waals surface area contributed by atoms with E-state index in [2.05, 4.69) is 11.1 Å².